The molecule has 0 aromatic heterocycles. The molecule has 0 spiro atoms. The molecule has 0 radical (unpaired) electrons. The third-order valence-electron chi connectivity index (χ3n) is 3.95. The van der Waals surface area contributed by atoms with Crippen molar-refractivity contribution in [3.05, 3.63) is 23.8 Å². The summed E-state index contributed by atoms with van der Waals surface area (Å²) in [5.41, 5.74) is 6.33. The summed E-state index contributed by atoms with van der Waals surface area (Å²) in [6.07, 6.45) is 2.97. The molecule has 2 rings (SSSR count). The molecule has 8 nitrogen and oxygen atoms in total. The Kier molecular flexibility index (Phi) is 6.76. The average molecular weight is 348 g/mol. The number of carbonyl (C=O) groups excluding carboxylic acids is 3. The molecule has 0 saturated carbocycles. The molecule has 1 saturated heterocycles. The molecule has 0 unspecified atom stereocenters. The highest BCUT2D eigenvalue weighted by Crippen LogP contribution is 2.30. The van der Waals surface area contributed by atoms with E-state index in [0.717, 1.165) is 19.3 Å². The largest absolute Gasteiger partial charge is 0.495 e. The fourth-order valence-electron chi connectivity index (χ4n) is 2.59. The molecule has 1 aliphatic heterocycles. The van der Waals surface area contributed by atoms with Gasteiger partial charge in [0.2, 0.25) is 5.91 Å². The van der Waals surface area contributed by atoms with Crippen LogP contribution in [0.25, 0.3) is 0 Å². The lowest BCUT2D eigenvalue weighted by molar-refractivity contribution is -0.120. The van der Waals surface area contributed by atoms with Gasteiger partial charge in [-0.05, 0) is 37.6 Å². The summed E-state index contributed by atoms with van der Waals surface area (Å²) in [6.45, 7) is 1.46. The summed E-state index contributed by atoms with van der Waals surface area (Å²) < 4.78 is 5.28. The van der Waals surface area contributed by atoms with E-state index in [-0.39, 0.29) is 24.8 Å². The number of amides is 4. The van der Waals surface area contributed by atoms with Crippen LogP contribution in [0.2, 0.25) is 0 Å². The van der Waals surface area contributed by atoms with Crippen molar-refractivity contribution in [3.8, 4) is 5.75 Å². The van der Waals surface area contributed by atoms with Gasteiger partial charge in [0.15, 0.2) is 0 Å². The summed E-state index contributed by atoms with van der Waals surface area (Å²) in [4.78, 5) is 37.1. The monoisotopic (exact) mass is 348 g/mol. The van der Waals surface area contributed by atoms with Gasteiger partial charge in [-0.25, -0.2) is 4.79 Å². The maximum atomic E-state index is 12.3. The van der Waals surface area contributed by atoms with Crippen LogP contribution in [0.1, 0.15) is 36.0 Å². The maximum Gasteiger partial charge on any atom is 0.328 e. The van der Waals surface area contributed by atoms with Gasteiger partial charge in [-0.15, -0.1) is 0 Å². The van der Waals surface area contributed by atoms with Crippen LogP contribution in [0.4, 0.5) is 10.5 Å². The molecular weight excluding hydrogens is 324 g/mol. The summed E-state index contributed by atoms with van der Waals surface area (Å²) >= 11 is 0. The van der Waals surface area contributed by atoms with E-state index in [0.29, 0.717) is 30.1 Å². The Morgan fingerprint density at radius 2 is 2.12 bits per heavy atom. The van der Waals surface area contributed by atoms with Gasteiger partial charge in [0.1, 0.15) is 5.75 Å². The second-order valence-corrected chi connectivity index (χ2v) is 5.75. The van der Waals surface area contributed by atoms with Crippen LogP contribution in [-0.2, 0) is 4.79 Å². The molecule has 0 bridgehead atoms. The number of urea groups is 1. The number of nitrogens with two attached hydrogens (primary N) is 1. The van der Waals surface area contributed by atoms with Crippen molar-refractivity contribution in [2.45, 2.75) is 25.7 Å². The number of nitrogens with zero attached hydrogens (tertiary/aromatic N) is 1. The normalized spacial score (nSPS) is 14.2. The Labute approximate surface area is 146 Å². The second-order valence-electron chi connectivity index (χ2n) is 5.75. The van der Waals surface area contributed by atoms with Crippen LogP contribution in [-0.4, -0.2) is 44.6 Å². The number of rotatable bonds is 8. The Balaban J connectivity index is 2.09. The van der Waals surface area contributed by atoms with E-state index in [1.165, 1.54) is 12.0 Å². The first-order valence-electron chi connectivity index (χ1n) is 8.34. The fourth-order valence-corrected chi connectivity index (χ4v) is 2.59. The lowest BCUT2D eigenvalue weighted by Crippen LogP contribution is -2.49. The number of benzene rings is 1. The molecule has 1 fully saturated rings. The van der Waals surface area contributed by atoms with Gasteiger partial charge in [-0.3, -0.25) is 19.8 Å². The van der Waals surface area contributed by atoms with Crippen molar-refractivity contribution in [2.75, 3.05) is 31.6 Å². The Hall–Kier alpha value is -2.61. The van der Waals surface area contributed by atoms with Gasteiger partial charge < -0.3 is 15.8 Å². The Morgan fingerprint density at radius 1 is 1.32 bits per heavy atom. The van der Waals surface area contributed by atoms with Crippen LogP contribution in [0.15, 0.2) is 18.2 Å². The first kappa shape index (κ1) is 18.7. The average Bonchev–Trinajstić information content (AvgIpc) is 2.61. The zero-order chi connectivity index (χ0) is 18.2. The minimum atomic E-state index is -0.520. The molecule has 1 heterocycles. The molecule has 0 atom stereocenters. The molecular formula is C17H24N4O4. The minimum Gasteiger partial charge on any atom is -0.495 e. The fraction of sp³-hybridized carbons (Fsp3) is 0.471. The number of anilines is 1. The molecule has 136 valence electrons. The predicted octanol–water partition coefficient (Wildman–Crippen LogP) is 1.00. The van der Waals surface area contributed by atoms with Crippen molar-refractivity contribution in [2.24, 2.45) is 5.73 Å². The van der Waals surface area contributed by atoms with E-state index < -0.39 is 6.03 Å². The van der Waals surface area contributed by atoms with Gasteiger partial charge in [0, 0.05) is 25.1 Å². The highest BCUT2D eigenvalue weighted by atomic mass is 16.5. The number of ether oxygens (including phenoxy) is 1. The first-order chi connectivity index (χ1) is 12.1. The van der Waals surface area contributed by atoms with Crippen LogP contribution in [0, 0.1) is 0 Å². The van der Waals surface area contributed by atoms with E-state index in [9.17, 15) is 14.4 Å². The third kappa shape index (κ3) is 4.93. The standard InChI is InChI=1S/C17H24N4O4/c1-25-14-6-5-12(16(23)19-9-4-2-3-8-18)11-13(14)21-10-7-15(22)20-17(21)24/h5-6,11H,2-4,7-10,18H2,1H3,(H,19,23)(H,20,22,24). The third-order valence-corrected chi connectivity index (χ3v) is 3.95. The number of imide groups is 1. The molecule has 1 aliphatic rings. The number of hydrogen-bond donors (Lipinski definition) is 3. The topological polar surface area (TPSA) is 114 Å². The van der Waals surface area contributed by atoms with Crippen molar-refractivity contribution in [1.29, 1.82) is 0 Å². The predicted molar refractivity (Wildman–Crippen MR) is 93.7 cm³/mol. The quantitative estimate of drug-likeness (QED) is 0.607. The van der Waals surface area contributed by atoms with Crippen LogP contribution < -0.4 is 26.0 Å². The minimum absolute atomic E-state index is 0.201. The lowest BCUT2D eigenvalue weighted by Gasteiger charge is -2.28. The maximum absolute atomic E-state index is 12.3. The van der Waals surface area contributed by atoms with Gasteiger partial charge in [0.05, 0.1) is 12.8 Å². The van der Waals surface area contributed by atoms with Crippen LogP contribution in [0.5, 0.6) is 5.75 Å². The van der Waals surface area contributed by atoms with Gasteiger partial charge >= 0.3 is 6.03 Å². The highest BCUT2D eigenvalue weighted by Gasteiger charge is 2.27. The highest BCUT2D eigenvalue weighted by molar-refractivity contribution is 6.07. The van der Waals surface area contributed by atoms with E-state index in [4.69, 9.17) is 10.5 Å². The van der Waals surface area contributed by atoms with E-state index >= 15 is 0 Å². The summed E-state index contributed by atoms with van der Waals surface area (Å²) in [5.74, 6) is -0.0688. The second kappa shape index (κ2) is 9.03. The summed E-state index contributed by atoms with van der Waals surface area (Å²) in [6, 6.07) is 4.37. The molecule has 1 aromatic rings. The Morgan fingerprint density at radius 3 is 2.80 bits per heavy atom. The van der Waals surface area contributed by atoms with Gasteiger partial charge in [-0.1, -0.05) is 6.42 Å². The van der Waals surface area contributed by atoms with Crippen molar-refractivity contribution in [1.82, 2.24) is 10.6 Å². The van der Waals surface area contributed by atoms with Crippen LogP contribution >= 0.6 is 0 Å². The van der Waals surface area contributed by atoms with E-state index in [1.54, 1.807) is 18.2 Å². The number of hydrogen-bond acceptors (Lipinski definition) is 5. The Bertz CT molecular complexity index is 648. The molecule has 4 amide bonds. The molecule has 8 heteroatoms. The number of methoxy groups -OCH3 is 1. The lowest BCUT2D eigenvalue weighted by atomic mass is 10.1. The molecule has 25 heavy (non-hydrogen) atoms. The zero-order valence-electron chi connectivity index (χ0n) is 14.3. The number of carbonyl (C=O) groups is 3. The number of nitrogens with one attached hydrogen (secondary N) is 2. The molecule has 0 aliphatic carbocycles. The van der Waals surface area contributed by atoms with Crippen LogP contribution in [0.3, 0.4) is 0 Å². The van der Waals surface area contributed by atoms with E-state index in [2.05, 4.69) is 10.6 Å². The van der Waals surface area contributed by atoms with Gasteiger partial charge in [0.25, 0.3) is 5.91 Å². The SMILES string of the molecule is COc1ccc(C(=O)NCCCCCN)cc1N1CCC(=O)NC1=O. The van der Waals surface area contributed by atoms with Gasteiger partial charge in [-0.2, -0.15) is 0 Å². The molecule has 1 aromatic carbocycles. The zero-order valence-corrected chi connectivity index (χ0v) is 14.3. The molecule has 4 N–H and O–H groups in total. The van der Waals surface area contributed by atoms with Crippen molar-refractivity contribution < 1.29 is 19.1 Å². The van der Waals surface area contributed by atoms with Crippen molar-refractivity contribution >= 4 is 23.5 Å². The summed E-state index contributed by atoms with van der Waals surface area (Å²) in [5, 5.41) is 5.11. The summed E-state index contributed by atoms with van der Waals surface area (Å²) in [7, 11) is 1.49. The smallest absolute Gasteiger partial charge is 0.328 e. The number of unbranched alkanes of at least 4 members (excludes halogenated alkanes) is 2. The van der Waals surface area contributed by atoms with Crippen molar-refractivity contribution in [3.63, 3.8) is 0 Å². The van der Waals surface area contributed by atoms with E-state index in [1.807, 2.05) is 0 Å². The first-order valence-corrected chi connectivity index (χ1v) is 8.34.